The van der Waals surface area contributed by atoms with Crippen LogP contribution in [0.5, 0.6) is 0 Å². The number of methoxy groups -OCH3 is 2. The van der Waals surface area contributed by atoms with E-state index < -0.39 is 24.3 Å². The van der Waals surface area contributed by atoms with Crippen molar-refractivity contribution >= 4 is 52.1 Å². The van der Waals surface area contributed by atoms with Gasteiger partial charge in [0.25, 0.3) is 0 Å². The molecule has 5 aromatic rings. The fourth-order valence-corrected chi connectivity index (χ4v) is 8.62. The van der Waals surface area contributed by atoms with E-state index in [2.05, 4.69) is 50.9 Å². The number of alkyl carbamates (subject to hydrolysis) is 2. The van der Waals surface area contributed by atoms with E-state index in [1.54, 1.807) is 17.3 Å². The van der Waals surface area contributed by atoms with Crippen molar-refractivity contribution in [2.24, 2.45) is 11.8 Å². The van der Waals surface area contributed by atoms with Crippen LogP contribution in [-0.4, -0.2) is 109 Å². The van der Waals surface area contributed by atoms with Gasteiger partial charge in [0, 0.05) is 30.6 Å². The standard InChI is InChI=1S/C44H50N10O6/c1-23(2)36(49-43(57)59-5)41(55)53-15-7-9-34(53)29-19-30-31(20-29)47-32(21-45-30)27-13-11-26-18-28(14-12-25(26)17-27)33-22-46-39-40(48-33)52-38(51-39)35-10-8-16-54(35)42(56)37(24(3)4)50-44(58)60-6/h11-14,17-19,21-24,34-37H,7-10,15-16,20H2,1-6H3,(H,49,57)(H,50,58)(H,46,48,51,52)/t34-,35-,36+,37+/m1/s1. The molecular weight excluding hydrogens is 765 g/mol. The smallest absolute Gasteiger partial charge is 0.407 e. The molecule has 3 aromatic heterocycles. The van der Waals surface area contributed by atoms with Gasteiger partial charge in [-0.15, -0.1) is 0 Å². The van der Waals surface area contributed by atoms with Gasteiger partial charge >= 0.3 is 12.2 Å². The number of benzene rings is 2. The summed E-state index contributed by atoms with van der Waals surface area (Å²) in [6.45, 7) is 8.78. The van der Waals surface area contributed by atoms with Crippen molar-refractivity contribution in [2.75, 3.05) is 27.3 Å². The van der Waals surface area contributed by atoms with Gasteiger partial charge in [0.1, 0.15) is 17.9 Å². The highest BCUT2D eigenvalue weighted by Gasteiger charge is 2.39. The number of rotatable bonds is 10. The number of amides is 4. The van der Waals surface area contributed by atoms with Crippen LogP contribution >= 0.6 is 0 Å². The summed E-state index contributed by atoms with van der Waals surface area (Å²) >= 11 is 0. The molecule has 5 heterocycles. The molecule has 0 bridgehead atoms. The van der Waals surface area contributed by atoms with Crippen LogP contribution in [0.2, 0.25) is 0 Å². The van der Waals surface area contributed by atoms with E-state index in [4.69, 9.17) is 29.4 Å². The van der Waals surface area contributed by atoms with Crippen molar-refractivity contribution in [1.29, 1.82) is 0 Å². The Morgan fingerprint density at radius 1 is 0.733 bits per heavy atom. The summed E-state index contributed by atoms with van der Waals surface area (Å²) in [5.41, 5.74) is 7.07. The van der Waals surface area contributed by atoms with Crippen molar-refractivity contribution in [3.63, 3.8) is 0 Å². The highest BCUT2D eigenvalue weighted by molar-refractivity contribution is 5.91. The third-order valence-electron chi connectivity index (χ3n) is 11.8. The van der Waals surface area contributed by atoms with Gasteiger partial charge in [0.15, 0.2) is 11.3 Å². The van der Waals surface area contributed by atoms with E-state index >= 15 is 0 Å². The van der Waals surface area contributed by atoms with Gasteiger partial charge in [-0.25, -0.2) is 29.5 Å². The Balaban J connectivity index is 0.965. The Kier molecular flexibility index (Phi) is 11.2. The molecule has 1 aliphatic carbocycles. The number of carbonyl (C=O) groups is 4. The van der Waals surface area contributed by atoms with Crippen LogP contribution in [0.3, 0.4) is 0 Å². The predicted molar refractivity (Wildman–Crippen MR) is 224 cm³/mol. The summed E-state index contributed by atoms with van der Waals surface area (Å²) in [4.78, 5) is 82.4. The number of hydrogen-bond donors (Lipinski definition) is 3. The Hall–Kier alpha value is -6.45. The molecule has 2 aliphatic heterocycles. The zero-order chi connectivity index (χ0) is 42.2. The van der Waals surface area contributed by atoms with Crippen LogP contribution in [0.25, 0.3) is 50.7 Å². The number of H-pyrrole nitrogens is 1. The largest absolute Gasteiger partial charge is 0.453 e. The zero-order valence-corrected chi connectivity index (χ0v) is 34.7. The summed E-state index contributed by atoms with van der Waals surface area (Å²) in [7, 11) is 2.58. The maximum absolute atomic E-state index is 13.7. The normalized spacial score (nSPS) is 18.5. The predicted octanol–water partition coefficient (Wildman–Crippen LogP) is 5.99. The number of aromatic amines is 1. The van der Waals surface area contributed by atoms with Gasteiger partial charge in [-0.3, -0.25) is 14.6 Å². The number of ether oxygens (including phenoxy) is 2. The van der Waals surface area contributed by atoms with E-state index in [0.717, 1.165) is 70.2 Å². The van der Waals surface area contributed by atoms with Crippen molar-refractivity contribution in [3.8, 4) is 22.5 Å². The molecule has 3 N–H and O–H groups in total. The summed E-state index contributed by atoms with van der Waals surface area (Å²) < 4.78 is 9.55. The van der Waals surface area contributed by atoms with Crippen LogP contribution in [0.4, 0.5) is 9.59 Å². The van der Waals surface area contributed by atoms with E-state index in [1.165, 1.54) is 14.2 Å². The first-order valence-corrected chi connectivity index (χ1v) is 20.6. The maximum Gasteiger partial charge on any atom is 0.407 e. The number of nitrogens with zero attached hydrogens (tertiary/aromatic N) is 7. The van der Waals surface area contributed by atoms with Crippen LogP contribution in [0.1, 0.15) is 76.6 Å². The first-order valence-electron chi connectivity index (χ1n) is 20.6. The molecule has 0 unspecified atom stereocenters. The molecule has 4 amide bonds. The van der Waals surface area contributed by atoms with Crippen LogP contribution in [0.15, 0.2) is 54.4 Å². The lowest BCUT2D eigenvalue weighted by Crippen LogP contribution is -2.52. The minimum Gasteiger partial charge on any atom is -0.453 e. The number of aromatic nitrogens is 6. The fourth-order valence-electron chi connectivity index (χ4n) is 8.62. The summed E-state index contributed by atoms with van der Waals surface area (Å²) in [5.74, 6) is 0.0983. The summed E-state index contributed by atoms with van der Waals surface area (Å²) in [6.07, 6.45) is 8.16. The molecule has 2 fully saturated rings. The van der Waals surface area contributed by atoms with E-state index in [-0.39, 0.29) is 35.7 Å². The van der Waals surface area contributed by atoms with Crippen molar-refractivity contribution in [2.45, 2.75) is 84.0 Å². The van der Waals surface area contributed by atoms with Gasteiger partial charge < -0.3 is 34.9 Å². The second kappa shape index (κ2) is 16.7. The van der Waals surface area contributed by atoms with Gasteiger partial charge in [0.2, 0.25) is 11.8 Å². The third kappa shape index (κ3) is 7.85. The van der Waals surface area contributed by atoms with E-state index in [0.29, 0.717) is 42.3 Å². The molecule has 0 radical (unpaired) electrons. The fraction of sp³-hybridized carbons (Fsp3) is 0.432. The molecule has 0 spiro atoms. The first kappa shape index (κ1) is 40.3. The highest BCUT2D eigenvalue weighted by atomic mass is 16.5. The van der Waals surface area contributed by atoms with Gasteiger partial charge in [0.05, 0.1) is 61.5 Å². The lowest BCUT2D eigenvalue weighted by molar-refractivity contribution is -0.136. The maximum atomic E-state index is 13.7. The average Bonchev–Trinajstić information content (AvgIpc) is 4.08. The molecule has 2 saturated heterocycles. The van der Waals surface area contributed by atoms with Crippen molar-refractivity contribution in [3.05, 3.63) is 71.6 Å². The van der Waals surface area contributed by atoms with Gasteiger partial charge in [-0.2, -0.15) is 0 Å². The Bertz CT molecular complexity index is 2520. The molecule has 2 aromatic carbocycles. The van der Waals surface area contributed by atoms with E-state index in [9.17, 15) is 19.2 Å². The SMILES string of the molecule is COC(=O)N[C@H](C(=O)N1CCC[C@@H]1C1=Cc2ncc(-c3ccc4cc(-c5cnc6nc([C@H]7CCCN7C(=O)[C@@H](NC(=O)OC)C(C)C)[nH]c6n5)ccc4c3)nc2C1)C(C)C. The third-order valence-corrected chi connectivity index (χ3v) is 11.8. The number of likely N-dealkylation sites (tertiary alicyclic amines) is 2. The number of imidazole rings is 1. The molecule has 8 rings (SSSR count). The zero-order valence-electron chi connectivity index (χ0n) is 34.7. The monoisotopic (exact) mass is 814 g/mol. The molecule has 4 atom stereocenters. The number of nitrogens with one attached hydrogen (secondary N) is 3. The molecular formula is C44H50N10O6. The van der Waals surface area contributed by atoms with Gasteiger partial charge in [-0.1, -0.05) is 52.0 Å². The molecule has 16 nitrogen and oxygen atoms in total. The quantitative estimate of drug-likeness (QED) is 0.150. The lowest BCUT2D eigenvalue weighted by atomic mass is 9.99. The Morgan fingerprint density at radius 2 is 1.28 bits per heavy atom. The van der Waals surface area contributed by atoms with Crippen LogP contribution in [0, 0.1) is 11.8 Å². The van der Waals surface area contributed by atoms with Crippen molar-refractivity contribution in [1.82, 2.24) is 50.3 Å². The van der Waals surface area contributed by atoms with E-state index in [1.807, 2.05) is 44.7 Å². The lowest BCUT2D eigenvalue weighted by Gasteiger charge is -2.31. The number of carbonyl (C=O) groups excluding carboxylic acids is 4. The number of hydrogen-bond acceptors (Lipinski definition) is 11. The minimum atomic E-state index is -0.724. The molecule has 3 aliphatic rings. The average molecular weight is 815 g/mol. The second-order valence-corrected chi connectivity index (χ2v) is 16.4. The Labute approximate surface area is 347 Å². The molecule has 16 heteroatoms. The highest BCUT2D eigenvalue weighted by Crippen LogP contribution is 2.36. The minimum absolute atomic E-state index is 0.0811. The second-order valence-electron chi connectivity index (χ2n) is 16.4. The topological polar surface area (TPSA) is 198 Å². The molecule has 0 saturated carbocycles. The number of fused-ring (bicyclic) bond motifs is 3. The Morgan fingerprint density at radius 3 is 1.87 bits per heavy atom. The summed E-state index contributed by atoms with van der Waals surface area (Å²) in [5, 5.41) is 7.46. The molecule has 312 valence electrons. The molecule has 60 heavy (non-hydrogen) atoms. The van der Waals surface area contributed by atoms with Gasteiger partial charge in [-0.05, 0) is 72.1 Å². The van der Waals surface area contributed by atoms with Crippen LogP contribution < -0.4 is 10.6 Å². The first-order chi connectivity index (χ1) is 28.9. The van der Waals surface area contributed by atoms with Crippen molar-refractivity contribution < 1.29 is 28.7 Å². The van der Waals surface area contributed by atoms with Crippen LogP contribution in [-0.2, 0) is 25.5 Å². The summed E-state index contributed by atoms with van der Waals surface area (Å²) in [6, 6.07) is 10.6.